The second-order valence-corrected chi connectivity index (χ2v) is 4.34. The molecule has 4 nitrogen and oxygen atoms in total. The Hall–Kier alpha value is -1.94. The van der Waals surface area contributed by atoms with E-state index in [-0.39, 0.29) is 0 Å². The van der Waals surface area contributed by atoms with E-state index in [4.69, 9.17) is 4.74 Å². The Morgan fingerprint density at radius 3 is 2.83 bits per heavy atom. The third kappa shape index (κ3) is 2.07. The zero-order valence-corrected chi connectivity index (χ0v) is 10.3. The predicted octanol–water partition coefficient (Wildman–Crippen LogP) is 2.38. The smallest absolute Gasteiger partial charge is 0.0701 e. The van der Waals surface area contributed by atoms with Gasteiger partial charge in [0.1, 0.15) is 0 Å². The van der Waals surface area contributed by atoms with Crippen molar-refractivity contribution in [1.82, 2.24) is 14.8 Å². The van der Waals surface area contributed by atoms with Crippen molar-refractivity contribution in [2.75, 3.05) is 13.2 Å². The number of hydrogen-bond acceptors (Lipinski definition) is 3. The molecule has 18 heavy (non-hydrogen) atoms. The third-order valence-corrected chi connectivity index (χ3v) is 3.03. The molecule has 3 heterocycles. The lowest BCUT2D eigenvalue weighted by molar-refractivity contribution is 0.161. The van der Waals surface area contributed by atoms with E-state index < -0.39 is 0 Å². The van der Waals surface area contributed by atoms with E-state index in [1.54, 1.807) is 12.4 Å². The highest BCUT2D eigenvalue weighted by Gasteiger charge is 2.13. The van der Waals surface area contributed by atoms with Crippen LogP contribution in [0.5, 0.6) is 0 Å². The lowest BCUT2D eigenvalue weighted by Crippen LogP contribution is -2.08. The Kier molecular flexibility index (Phi) is 2.94. The summed E-state index contributed by atoms with van der Waals surface area (Å²) >= 11 is 0. The molecule has 4 heteroatoms. The first-order valence-electron chi connectivity index (χ1n) is 6.09. The second-order valence-electron chi connectivity index (χ2n) is 4.34. The molecule has 1 aliphatic heterocycles. The van der Waals surface area contributed by atoms with Gasteiger partial charge < -0.3 is 4.74 Å². The van der Waals surface area contributed by atoms with Gasteiger partial charge in [0.2, 0.25) is 0 Å². The molecule has 0 atom stereocenters. The summed E-state index contributed by atoms with van der Waals surface area (Å²) < 4.78 is 7.34. The Bertz CT molecular complexity index is 572. The highest BCUT2D eigenvalue weighted by atomic mass is 16.5. The molecule has 0 saturated carbocycles. The van der Waals surface area contributed by atoms with Crippen molar-refractivity contribution >= 4 is 5.57 Å². The fourth-order valence-corrected chi connectivity index (χ4v) is 2.17. The molecule has 3 rings (SSSR count). The fraction of sp³-hybridized carbons (Fsp3) is 0.286. The lowest BCUT2D eigenvalue weighted by atomic mass is 10.1. The summed E-state index contributed by atoms with van der Waals surface area (Å²) in [5.41, 5.74) is 4.52. The summed E-state index contributed by atoms with van der Waals surface area (Å²) in [5, 5.41) is 4.56. The number of aromatic nitrogens is 3. The molecule has 1 aliphatic rings. The molecule has 0 unspecified atom stereocenters. The molecule has 92 valence electrons. The van der Waals surface area contributed by atoms with Gasteiger partial charge in [0.05, 0.1) is 30.3 Å². The first-order chi connectivity index (χ1) is 8.84. The number of rotatable bonds is 2. The maximum Gasteiger partial charge on any atom is 0.0701 e. The normalized spacial score (nSPS) is 15.5. The van der Waals surface area contributed by atoms with Gasteiger partial charge in [0.25, 0.3) is 0 Å². The van der Waals surface area contributed by atoms with Crippen LogP contribution in [0.15, 0.2) is 36.7 Å². The molecular weight excluding hydrogens is 226 g/mol. The van der Waals surface area contributed by atoms with Crippen molar-refractivity contribution in [1.29, 1.82) is 0 Å². The molecule has 0 saturated heterocycles. The van der Waals surface area contributed by atoms with Crippen LogP contribution >= 0.6 is 0 Å². The van der Waals surface area contributed by atoms with Crippen LogP contribution < -0.4 is 0 Å². The van der Waals surface area contributed by atoms with Crippen molar-refractivity contribution in [3.8, 4) is 5.69 Å². The minimum Gasteiger partial charge on any atom is -0.377 e. The average molecular weight is 241 g/mol. The zero-order chi connectivity index (χ0) is 12.4. The third-order valence-electron chi connectivity index (χ3n) is 3.03. The van der Waals surface area contributed by atoms with Crippen LogP contribution in [0.4, 0.5) is 0 Å². The van der Waals surface area contributed by atoms with Gasteiger partial charge in [-0.1, -0.05) is 6.08 Å². The van der Waals surface area contributed by atoms with Crippen LogP contribution in [-0.2, 0) is 4.74 Å². The molecule has 0 radical (unpaired) electrons. The van der Waals surface area contributed by atoms with Crippen LogP contribution in [0.25, 0.3) is 11.3 Å². The van der Waals surface area contributed by atoms with E-state index in [1.807, 2.05) is 23.7 Å². The van der Waals surface area contributed by atoms with Crippen LogP contribution in [0.3, 0.4) is 0 Å². The molecule has 2 aromatic rings. The van der Waals surface area contributed by atoms with E-state index in [9.17, 15) is 0 Å². The van der Waals surface area contributed by atoms with E-state index in [2.05, 4.69) is 22.2 Å². The molecule has 0 fully saturated rings. The molecule has 0 spiro atoms. The van der Waals surface area contributed by atoms with Crippen LogP contribution in [-0.4, -0.2) is 28.0 Å². The number of nitrogens with zero attached hydrogens (tertiary/aromatic N) is 3. The minimum absolute atomic E-state index is 0.690. The van der Waals surface area contributed by atoms with Gasteiger partial charge in [-0.15, -0.1) is 0 Å². The van der Waals surface area contributed by atoms with Gasteiger partial charge in [-0.2, -0.15) is 5.10 Å². The molecule has 0 amide bonds. The van der Waals surface area contributed by atoms with Gasteiger partial charge in [-0.25, -0.2) is 4.68 Å². The molecule has 0 N–H and O–H groups in total. The van der Waals surface area contributed by atoms with Gasteiger partial charge in [-0.3, -0.25) is 4.98 Å². The van der Waals surface area contributed by atoms with Gasteiger partial charge >= 0.3 is 0 Å². The maximum atomic E-state index is 5.36. The van der Waals surface area contributed by atoms with Crippen LogP contribution in [0.2, 0.25) is 0 Å². The standard InChI is InChI=1S/C14H15N3O/c1-11-10-14(12-4-8-18-9-5-12)17(16-11)13-2-6-15-7-3-13/h2-4,6-7,10H,5,8-9H2,1H3. The molecule has 2 aromatic heterocycles. The number of hydrogen-bond donors (Lipinski definition) is 0. The fourth-order valence-electron chi connectivity index (χ4n) is 2.17. The maximum absolute atomic E-state index is 5.36. The SMILES string of the molecule is Cc1cc(C2=CCOCC2)n(-c2ccncc2)n1. The summed E-state index contributed by atoms with van der Waals surface area (Å²) in [7, 11) is 0. The second kappa shape index (κ2) is 4.74. The average Bonchev–Trinajstić information content (AvgIpc) is 2.83. The van der Waals surface area contributed by atoms with E-state index >= 15 is 0 Å². The van der Waals surface area contributed by atoms with Crippen molar-refractivity contribution in [2.24, 2.45) is 0 Å². The van der Waals surface area contributed by atoms with Crippen molar-refractivity contribution in [3.63, 3.8) is 0 Å². The Balaban J connectivity index is 2.08. The molecule has 0 aromatic carbocycles. The highest BCUT2D eigenvalue weighted by Crippen LogP contribution is 2.24. The number of ether oxygens (including phenoxy) is 1. The first-order valence-corrected chi connectivity index (χ1v) is 6.09. The monoisotopic (exact) mass is 241 g/mol. The topological polar surface area (TPSA) is 39.9 Å². The Morgan fingerprint density at radius 1 is 1.28 bits per heavy atom. The molecule has 0 bridgehead atoms. The predicted molar refractivity (Wildman–Crippen MR) is 69.5 cm³/mol. The molecular formula is C14H15N3O. The van der Waals surface area contributed by atoms with Gasteiger partial charge in [-0.05, 0) is 37.1 Å². The minimum atomic E-state index is 0.690. The van der Waals surface area contributed by atoms with Crippen LogP contribution in [0.1, 0.15) is 17.8 Å². The number of pyridine rings is 1. The largest absolute Gasteiger partial charge is 0.377 e. The van der Waals surface area contributed by atoms with Gasteiger partial charge in [0, 0.05) is 12.4 Å². The summed E-state index contributed by atoms with van der Waals surface area (Å²) in [6.45, 7) is 3.49. The lowest BCUT2D eigenvalue weighted by Gasteiger charge is -2.15. The summed E-state index contributed by atoms with van der Waals surface area (Å²) in [5.74, 6) is 0. The highest BCUT2D eigenvalue weighted by molar-refractivity contribution is 5.65. The van der Waals surface area contributed by atoms with E-state index in [0.717, 1.165) is 30.1 Å². The summed E-state index contributed by atoms with van der Waals surface area (Å²) in [6, 6.07) is 6.06. The van der Waals surface area contributed by atoms with Crippen LogP contribution in [0, 0.1) is 6.92 Å². The van der Waals surface area contributed by atoms with Crippen molar-refractivity contribution < 1.29 is 4.74 Å². The van der Waals surface area contributed by atoms with Gasteiger partial charge in [0.15, 0.2) is 0 Å². The zero-order valence-electron chi connectivity index (χ0n) is 10.3. The van der Waals surface area contributed by atoms with Crippen molar-refractivity contribution in [3.05, 3.63) is 48.1 Å². The molecule has 0 aliphatic carbocycles. The first kappa shape index (κ1) is 11.2. The summed E-state index contributed by atoms with van der Waals surface area (Å²) in [4.78, 5) is 4.04. The van der Waals surface area contributed by atoms with E-state index in [1.165, 1.54) is 5.57 Å². The van der Waals surface area contributed by atoms with E-state index in [0.29, 0.717) is 6.61 Å². The Labute approximate surface area is 106 Å². The number of aryl methyl sites for hydroxylation is 1. The summed E-state index contributed by atoms with van der Waals surface area (Å²) in [6.07, 6.45) is 6.65. The Morgan fingerprint density at radius 2 is 2.11 bits per heavy atom. The van der Waals surface area contributed by atoms with Crippen molar-refractivity contribution in [2.45, 2.75) is 13.3 Å². The quantitative estimate of drug-likeness (QED) is 0.810.